The minimum atomic E-state index is -0.688. The molecule has 2 nitrogen and oxygen atoms in total. The number of allylic oxidation sites excluding steroid dienone is 2. The van der Waals surface area contributed by atoms with E-state index in [1.54, 1.807) is 0 Å². The molecule has 0 saturated carbocycles. The van der Waals surface area contributed by atoms with Crippen LogP contribution in [0.5, 0.6) is 0 Å². The second-order valence-corrected chi connectivity index (χ2v) is 5.02. The zero-order chi connectivity index (χ0) is 13.5. The Hall–Kier alpha value is -0.790. The molecule has 0 unspecified atom stereocenters. The van der Waals surface area contributed by atoms with Crippen LogP contribution in [0.15, 0.2) is 12.2 Å². The molecule has 0 saturated heterocycles. The molecular formula is C16H30O2. The smallest absolute Gasteiger partial charge is 0.303 e. The van der Waals surface area contributed by atoms with Crippen molar-refractivity contribution >= 4 is 5.97 Å². The predicted molar refractivity (Wildman–Crippen MR) is 77.9 cm³/mol. The Kier molecular flexibility index (Phi) is 13.6. The first-order chi connectivity index (χ1) is 8.77. The largest absolute Gasteiger partial charge is 0.481 e. The molecule has 0 aromatic heterocycles. The van der Waals surface area contributed by atoms with Crippen LogP contribution >= 0.6 is 0 Å². The van der Waals surface area contributed by atoms with Gasteiger partial charge in [-0.05, 0) is 25.7 Å². The maximum atomic E-state index is 10.3. The number of hydrogen-bond donors (Lipinski definition) is 1. The molecule has 2 heteroatoms. The lowest BCUT2D eigenvalue weighted by Gasteiger charge is -1.99. The van der Waals surface area contributed by atoms with Crippen LogP contribution in [0.25, 0.3) is 0 Å². The van der Waals surface area contributed by atoms with E-state index in [9.17, 15) is 4.79 Å². The molecule has 0 aliphatic rings. The highest BCUT2D eigenvalue weighted by molar-refractivity contribution is 5.66. The number of carbonyl (C=O) groups is 1. The van der Waals surface area contributed by atoms with Gasteiger partial charge in [-0.15, -0.1) is 0 Å². The van der Waals surface area contributed by atoms with Crippen molar-refractivity contribution in [1.82, 2.24) is 0 Å². The van der Waals surface area contributed by atoms with E-state index in [1.165, 1.54) is 51.4 Å². The van der Waals surface area contributed by atoms with Crippen LogP contribution in [0.4, 0.5) is 0 Å². The van der Waals surface area contributed by atoms with Crippen molar-refractivity contribution < 1.29 is 9.90 Å². The summed E-state index contributed by atoms with van der Waals surface area (Å²) in [6.07, 6.45) is 18.4. The Balaban J connectivity index is 3.06. The Labute approximate surface area is 112 Å². The SMILES string of the molecule is CCCCCCCCCC/C=C\CCCC(=O)O. The number of carboxylic acid groups (broad SMARTS) is 1. The van der Waals surface area contributed by atoms with Crippen molar-refractivity contribution in [2.45, 2.75) is 84.0 Å². The second kappa shape index (κ2) is 14.3. The van der Waals surface area contributed by atoms with Gasteiger partial charge in [-0.25, -0.2) is 0 Å². The molecule has 1 N–H and O–H groups in total. The highest BCUT2D eigenvalue weighted by atomic mass is 16.4. The summed E-state index contributed by atoms with van der Waals surface area (Å²) in [6.45, 7) is 2.25. The fourth-order valence-electron chi connectivity index (χ4n) is 2.00. The molecular weight excluding hydrogens is 224 g/mol. The molecule has 0 amide bonds. The molecule has 0 spiro atoms. The van der Waals surface area contributed by atoms with Gasteiger partial charge in [-0.2, -0.15) is 0 Å². The van der Waals surface area contributed by atoms with Gasteiger partial charge in [0.15, 0.2) is 0 Å². The van der Waals surface area contributed by atoms with Crippen molar-refractivity contribution in [2.24, 2.45) is 0 Å². The average Bonchev–Trinajstić information content (AvgIpc) is 2.34. The Morgan fingerprint density at radius 3 is 1.89 bits per heavy atom. The zero-order valence-corrected chi connectivity index (χ0v) is 12.0. The topological polar surface area (TPSA) is 37.3 Å². The van der Waals surface area contributed by atoms with Crippen LogP contribution in [0.2, 0.25) is 0 Å². The molecule has 0 aromatic carbocycles. The van der Waals surface area contributed by atoms with E-state index in [4.69, 9.17) is 5.11 Å². The van der Waals surface area contributed by atoms with Crippen LogP contribution in [0, 0.1) is 0 Å². The van der Waals surface area contributed by atoms with E-state index in [2.05, 4.69) is 19.1 Å². The lowest BCUT2D eigenvalue weighted by Crippen LogP contribution is -1.92. The highest BCUT2D eigenvalue weighted by Crippen LogP contribution is 2.10. The summed E-state index contributed by atoms with van der Waals surface area (Å²) in [6, 6.07) is 0. The first-order valence-corrected chi connectivity index (χ1v) is 7.64. The average molecular weight is 254 g/mol. The van der Waals surface area contributed by atoms with E-state index in [0.717, 1.165) is 19.3 Å². The van der Waals surface area contributed by atoms with Gasteiger partial charge in [-0.1, -0.05) is 64.0 Å². The lowest BCUT2D eigenvalue weighted by atomic mass is 10.1. The van der Waals surface area contributed by atoms with Gasteiger partial charge in [0.1, 0.15) is 0 Å². The Bertz CT molecular complexity index is 209. The van der Waals surface area contributed by atoms with Crippen molar-refractivity contribution in [1.29, 1.82) is 0 Å². The summed E-state index contributed by atoms with van der Waals surface area (Å²) in [7, 11) is 0. The monoisotopic (exact) mass is 254 g/mol. The summed E-state index contributed by atoms with van der Waals surface area (Å²) >= 11 is 0. The Morgan fingerprint density at radius 2 is 1.33 bits per heavy atom. The number of rotatable bonds is 13. The molecule has 0 fully saturated rings. The Morgan fingerprint density at radius 1 is 0.833 bits per heavy atom. The molecule has 0 rings (SSSR count). The number of unbranched alkanes of at least 4 members (excludes halogenated alkanes) is 9. The molecule has 0 heterocycles. The molecule has 0 aliphatic carbocycles. The third kappa shape index (κ3) is 15.2. The molecule has 106 valence electrons. The fraction of sp³-hybridized carbons (Fsp3) is 0.812. The summed E-state index contributed by atoms with van der Waals surface area (Å²) in [4.78, 5) is 10.3. The molecule has 0 aromatic rings. The van der Waals surface area contributed by atoms with Gasteiger partial charge < -0.3 is 5.11 Å². The first-order valence-electron chi connectivity index (χ1n) is 7.64. The van der Waals surface area contributed by atoms with Gasteiger partial charge >= 0.3 is 5.97 Å². The van der Waals surface area contributed by atoms with E-state index >= 15 is 0 Å². The van der Waals surface area contributed by atoms with E-state index in [1.807, 2.05) is 0 Å². The molecule has 0 aliphatic heterocycles. The predicted octanol–water partition coefficient (Wildman–Crippen LogP) is 5.33. The quantitative estimate of drug-likeness (QED) is 0.356. The van der Waals surface area contributed by atoms with Crippen LogP contribution in [-0.2, 0) is 4.79 Å². The van der Waals surface area contributed by atoms with E-state index in [0.29, 0.717) is 6.42 Å². The molecule has 0 bridgehead atoms. The molecule has 0 radical (unpaired) electrons. The standard InChI is InChI=1S/C16H30O2/c1-2-3-4-5-6-7-8-9-10-11-12-13-14-15-16(17)18/h11-12H,2-10,13-15H2,1H3,(H,17,18)/b12-11-. The van der Waals surface area contributed by atoms with Crippen LogP contribution in [-0.4, -0.2) is 11.1 Å². The summed E-state index contributed by atoms with van der Waals surface area (Å²) in [5, 5.41) is 8.47. The van der Waals surface area contributed by atoms with Crippen molar-refractivity contribution in [3.05, 3.63) is 12.2 Å². The number of aliphatic carboxylic acids is 1. The maximum absolute atomic E-state index is 10.3. The number of carboxylic acids is 1. The van der Waals surface area contributed by atoms with Gasteiger partial charge in [-0.3, -0.25) is 4.79 Å². The van der Waals surface area contributed by atoms with Crippen LogP contribution in [0.1, 0.15) is 84.0 Å². The number of hydrogen-bond acceptors (Lipinski definition) is 1. The summed E-state index contributed by atoms with van der Waals surface area (Å²) in [5.41, 5.74) is 0. The zero-order valence-electron chi connectivity index (χ0n) is 12.0. The highest BCUT2D eigenvalue weighted by Gasteiger charge is 1.93. The van der Waals surface area contributed by atoms with E-state index < -0.39 is 5.97 Å². The normalized spacial score (nSPS) is 11.2. The molecule has 18 heavy (non-hydrogen) atoms. The fourth-order valence-corrected chi connectivity index (χ4v) is 2.00. The minimum Gasteiger partial charge on any atom is -0.481 e. The summed E-state index contributed by atoms with van der Waals surface area (Å²) in [5.74, 6) is -0.688. The van der Waals surface area contributed by atoms with Crippen molar-refractivity contribution in [3.8, 4) is 0 Å². The second-order valence-electron chi connectivity index (χ2n) is 5.02. The van der Waals surface area contributed by atoms with Gasteiger partial charge in [0.25, 0.3) is 0 Å². The molecule has 0 atom stereocenters. The van der Waals surface area contributed by atoms with E-state index in [-0.39, 0.29) is 0 Å². The minimum absolute atomic E-state index is 0.294. The first kappa shape index (κ1) is 17.2. The van der Waals surface area contributed by atoms with Crippen molar-refractivity contribution in [2.75, 3.05) is 0 Å². The van der Waals surface area contributed by atoms with Gasteiger partial charge in [0.2, 0.25) is 0 Å². The third-order valence-electron chi connectivity index (χ3n) is 3.15. The lowest BCUT2D eigenvalue weighted by molar-refractivity contribution is -0.137. The van der Waals surface area contributed by atoms with Crippen molar-refractivity contribution in [3.63, 3.8) is 0 Å². The third-order valence-corrected chi connectivity index (χ3v) is 3.15. The van der Waals surface area contributed by atoms with Crippen LogP contribution < -0.4 is 0 Å². The van der Waals surface area contributed by atoms with Crippen LogP contribution in [0.3, 0.4) is 0 Å². The van der Waals surface area contributed by atoms with Gasteiger partial charge in [0.05, 0.1) is 0 Å². The maximum Gasteiger partial charge on any atom is 0.303 e. The summed E-state index contributed by atoms with van der Waals surface area (Å²) < 4.78 is 0. The van der Waals surface area contributed by atoms with Gasteiger partial charge in [0, 0.05) is 6.42 Å².